The Hall–Kier alpha value is -1.68. The summed E-state index contributed by atoms with van der Waals surface area (Å²) in [6.07, 6.45) is 7.63. The maximum Gasteiger partial charge on any atom is 0.109 e. The number of aromatic nitrogens is 3. The summed E-state index contributed by atoms with van der Waals surface area (Å²) in [6.45, 7) is 1.14. The zero-order chi connectivity index (χ0) is 11.7. The molecule has 0 saturated heterocycles. The van der Waals surface area contributed by atoms with Gasteiger partial charge in [-0.05, 0) is 18.6 Å². The van der Waals surface area contributed by atoms with Crippen molar-refractivity contribution >= 4 is 0 Å². The van der Waals surface area contributed by atoms with E-state index < -0.39 is 0 Å². The largest absolute Gasteiger partial charge is 0.396 e. The van der Waals surface area contributed by atoms with Crippen LogP contribution in [0.1, 0.15) is 12.2 Å². The third-order valence-electron chi connectivity index (χ3n) is 3.32. The first-order valence-electron chi connectivity index (χ1n) is 5.94. The van der Waals surface area contributed by atoms with Crippen LogP contribution in [0.5, 0.6) is 0 Å². The zero-order valence-electron chi connectivity index (χ0n) is 9.58. The minimum atomic E-state index is 0.266. The third kappa shape index (κ3) is 1.96. The highest BCUT2D eigenvalue weighted by atomic mass is 16.3. The van der Waals surface area contributed by atoms with Gasteiger partial charge in [-0.3, -0.25) is 4.98 Å². The average molecular weight is 229 g/mol. The number of aliphatic hydroxyl groups excluding tert-OH is 1. The third-order valence-corrected chi connectivity index (χ3v) is 3.32. The van der Waals surface area contributed by atoms with Gasteiger partial charge in [-0.1, -0.05) is 0 Å². The first kappa shape index (κ1) is 10.5. The van der Waals surface area contributed by atoms with E-state index in [1.807, 2.05) is 12.1 Å². The van der Waals surface area contributed by atoms with Crippen LogP contribution in [0.4, 0.5) is 0 Å². The Morgan fingerprint density at radius 1 is 1.35 bits per heavy atom. The van der Waals surface area contributed by atoms with Crippen molar-refractivity contribution in [3.8, 4) is 11.3 Å². The van der Waals surface area contributed by atoms with Crippen molar-refractivity contribution in [2.75, 3.05) is 6.61 Å². The molecular weight excluding hydrogens is 214 g/mol. The molecule has 0 fully saturated rings. The van der Waals surface area contributed by atoms with E-state index in [0.29, 0.717) is 5.92 Å². The lowest BCUT2D eigenvalue weighted by atomic mass is 10.0. The summed E-state index contributed by atoms with van der Waals surface area (Å²) >= 11 is 0. The fourth-order valence-electron chi connectivity index (χ4n) is 2.33. The molecule has 0 spiro atoms. The van der Waals surface area contributed by atoms with Crippen LogP contribution in [0, 0.1) is 5.92 Å². The minimum Gasteiger partial charge on any atom is -0.396 e. The van der Waals surface area contributed by atoms with Crippen LogP contribution in [0.2, 0.25) is 0 Å². The Balaban J connectivity index is 1.93. The first-order valence-corrected chi connectivity index (χ1v) is 5.94. The molecule has 4 heteroatoms. The summed E-state index contributed by atoms with van der Waals surface area (Å²) in [4.78, 5) is 8.65. The molecule has 1 unspecified atom stereocenters. The SMILES string of the molecule is OCC1CCc2nc(-c3ccncc3)cn2C1. The highest BCUT2D eigenvalue weighted by Gasteiger charge is 2.19. The van der Waals surface area contributed by atoms with Crippen molar-refractivity contribution in [1.82, 2.24) is 14.5 Å². The van der Waals surface area contributed by atoms with Gasteiger partial charge >= 0.3 is 0 Å². The molecule has 1 aliphatic rings. The van der Waals surface area contributed by atoms with Crippen LogP contribution in [-0.2, 0) is 13.0 Å². The van der Waals surface area contributed by atoms with Crippen LogP contribution in [0.15, 0.2) is 30.7 Å². The summed E-state index contributed by atoms with van der Waals surface area (Å²) in [7, 11) is 0. The van der Waals surface area contributed by atoms with Gasteiger partial charge in [0.25, 0.3) is 0 Å². The molecule has 0 bridgehead atoms. The van der Waals surface area contributed by atoms with Crippen LogP contribution < -0.4 is 0 Å². The fraction of sp³-hybridized carbons (Fsp3) is 0.385. The molecular formula is C13H15N3O. The second-order valence-electron chi connectivity index (χ2n) is 4.52. The molecule has 2 aromatic rings. The smallest absolute Gasteiger partial charge is 0.109 e. The predicted octanol–water partition coefficient (Wildman–Crippen LogP) is 1.50. The van der Waals surface area contributed by atoms with E-state index in [2.05, 4.69) is 20.7 Å². The van der Waals surface area contributed by atoms with Crippen molar-refractivity contribution in [1.29, 1.82) is 0 Å². The van der Waals surface area contributed by atoms with E-state index in [9.17, 15) is 5.11 Å². The van der Waals surface area contributed by atoms with Crippen LogP contribution in [0.3, 0.4) is 0 Å². The van der Waals surface area contributed by atoms with E-state index >= 15 is 0 Å². The van der Waals surface area contributed by atoms with Crippen molar-refractivity contribution < 1.29 is 5.11 Å². The first-order chi connectivity index (χ1) is 8.36. The molecule has 0 aliphatic carbocycles. The molecule has 2 aromatic heterocycles. The summed E-state index contributed by atoms with van der Waals surface area (Å²) in [5.74, 6) is 1.50. The highest BCUT2D eigenvalue weighted by Crippen LogP contribution is 2.24. The number of aryl methyl sites for hydroxylation is 1. The van der Waals surface area contributed by atoms with E-state index in [0.717, 1.165) is 36.5 Å². The number of hydrogen-bond acceptors (Lipinski definition) is 3. The van der Waals surface area contributed by atoms with Crippen molar-refractivity contribution in [2.24, 2.45) is 5.92 Å². The average Bonchev–Trinajstić information content (AvgIpc) is 2.82. The number of aliphatic hydroxyl groups is 1. The van der Waals surface area contributed by atoms with Crippen molar-refractivity contribution in [3.63, 3.8) is 0 Å². The molecule has 4 nitrogen and oxygen atoms in total. The van der Waals surface area contributed by atoms with Crippen LogP contribution in [-0.4, -0.2) is 26.2 Å². The van der Waals surface area contributed by atoms with E-state index in [-0.39, 0.29) is 6.61 Å². The van der Waals surface area contributed by atoms with Gasteiger partial charge in [0.05, 0.1) is 5.69 Å². The van der Waals surface area contributed by atoms with Gasteiger partial charge in [-0.15, -0.1) is 0 Å². The lowest BCUT2D eigenvalue weighted by Gasteiger charge is -2.21. The van der Waals surface area contributed by atoms with Crippen LogP contribution >= 0.6 is 0 Å². The molecule has 3 rings (SSSR count). The molecule has 3 heterocycles. The highest BCUT2D eigenvalue weighted by molar-refractivity contribution is 5.57. The Morgan fingerprint density at radius 2 is 2.18 bits per heavy atom. The lowest BCUT2D eigenvalue weighted by Crippen LogP contribution is -2.22. The normalized spacial score (nSPS) is 19.0. The number of hydrogen-bond donors (Lipinski definition) is 1. The van der Waals surface area contributed by atoms with E-state index in [1.54, 1.807) is 12.4 Å². The van der Waals surface area contributed by atoms with Gasteiger partial charge in [0.2, 0.25) is 0 Å². The summed E-state index contributed by atoms with van der Waals surface area (Å²) in [5.41, 5.74) is 2.10. The van der Waals surface area contributed by atoms with Gasteiger partial charge in [0.1, 0.15) is 5.82 Å². The number of pyridine rings is 1. The predicted molar refractivity (Wildman–Crippen MR) is 64.4 cm³/mol. The summed E-state index contributed by atoms with van der Waals surface area (Å²) < 4.78 is 2.17. The quantitative estimate of drug-likeness (QED) is 0.849. The second-order valence-corrected chi connectivity index (χ2v) is 4.52. The molecule has 0 saturated carbocycles. The monoisotopic (exact) mass is 229 g/mol. The Bertz CT molecular complexity index is 507. The standard InChI is InChI=1S/C13H15N3O/c17-9-10-1-2-13-15-12(8-16(13)7-10)11-3-5-14-6-4-11/h3-6,8,10,17H,1-2,7,9H2. The number of rotatable bonds is 2. The summed E-state index contributed by atoms with van der Waals surface area (Å²) in [6, 6.07) is 3.94. The maximum atomic E-state index is 9.20. The van der Waals surface area contributed by atoms with Gasteiger partial charge < -0.3 is 9.67 Å². The van der Waals surface area contributed by atoms with Gasteiger partial charge in [0.15, 0.2) is 0 Å². The van der Waals surface area contributed by atoms with E-state index in [4.69, 9.17) is 0 Å². The number of fused-ring (bicyclic) bond motifs is 1. The van der Waals surface area contributed by atoms with Gasteiger partial charge in [0, 0.05) is 49.6 Å². The van der Waals surface area contributed by atoms with Crippen molar-refractivity contribution in [3.05, 3.63) is 36.5 Å². The molecule has 1 N–H and O–H groups in total. The Kier molecular flexibility index (Phi) is 2.65. The Labute approximate surface area is 100.0 Å². The summed E-state index contributed by atoms with van der Waals surface area (Å²) in [5, 5.41) is 9.20. The Morgan fingerprint density at radius 3 is 2.94 bits per heavy atom. The molecule has 1 aliphatic heterocycles. The molecule has 0 radical (unpaired) electrons. The van der Waals surface area contributed by atoms with Crippen LogP contribution in [0.25, 0.3) is 11.3 Å². The second kappa shape index (κ2) is 4.30. The molecule has 0 amide bonds. The minimum absolute atomic E-state index is 0.266. The van der Waals surface area contributed by atoms with Gasteiger partial charge in [-0.2, -0.15) is 0 Å². The topological polar surface area (TPSA) is 50.9 Å². The fourth-order valence-corrected chi connectivity index (χ4v) is 2.33. The molecule has 0 aromatic carbocycles. The molecule has 17 heavy (non-hydrogen) atoms. The zero-order valence-corrected chi connectivity index (χ0v) is 9.58. The van der Waals surface area contributed by atoms with Crippen molar-refractivity contribution in [2.45, 2.75) is 19.4 Å². The van der Waals surface area contributed by atoms with Gasteiger partial charge in [-0.25, -0.2) is 4.98 Å². The number of imidazole rings is 1. The lowest BCUT2D eigenvalue weighted by molar-refractivity contribution is 0.190. The molecule has 1 atom stereocenters. The number of nitrogens with zero attached hydrogens (tertiary/aromatic N) is 3. The molecule has 88 valence electrons. The maximum absolute atomic E-state index is 9.20. The van der Waals surface area contributed by atoms with E-state index in [1.165, 1.54) is 0 Å².